The number of para-hydroxylation sites is 1. The summed E-state index contributed by atoms with van der Waals surface area (Å²) in [5.74, 6) is -13.3. The number of aromatic amines is 1. The molecule has 10 amide bonds. The minimum Gasteiger partial charge on any atom is -0.481 e. The molecule has 27 nitrogen and oxygen atoms in total. The number of hydrogen-bond donors (Lipinski definition) is 15. The molecule has 402 valence electrons. The van der Waals surface area contributed by atoms with Crippen LogP contribution in [-0.4, -0.2) is 153 Å². The molecule has 1 aromatic heterocycles. The SMILES string of the molecule is CC(C)C[C@H](N)C(=O)N[C@H](C(=O)NCC(=O)N[C@@H](CCC(=O)O)C(=O)NCC(=O)N[C@@H](CC(N)=O)C(=O)N[C@@H](Cc1ccccc1)C(=O)N[C@@H](CC(N)=O)C(=O)N[C@@H](Cc1c[nH]c2ccccc12)C(=O)O)[C@@H](C)O. The molecular weight excluding hydrogens is 973 g/mol. The first-order valence-corrected chi connectivity index (χ1v) is 23.2. The van der Waals surface area contributed by atoms with Crippen LogP contribution < -0.4 is 59.7 Å². The van der Waals surface area contributed by atoms with E-state index in [4.69, 9.17) is 17.2 Å². The van der Waals surface area contributed by atoms with Crippen LogP contribution >= 0.6 is 0 Å². The van der Waals surface area contributed by atoms with Gasteiger partial charge in [-0.25, -0.2) is 4.79 Å². The number of aromatic nitrogens is 1. The molecule has 27 heteroatoms. The molecule has 0 saturated carbocycles. The van der Waals surface area contributed by atoms with Gasteiger partial charge in [0.25, 0.3) is 0 Å². The lowest BCUT2D eigenvalue weighted by Crippen LogP contribution is -2.59. The van der Waals surface area contributed by atoms with Crippen molar-refractivity contribution in [2.75, 3.05) is 13.1 Å². The van der Waals surface area contributed by atoms with Crippen molar-refractivity contribution < 1.29 is 72.9 Å². The third-order valence-corrected chi connectivity index (χ3v) is 11.0. The summed E-state index contributed by atoms with van der Waals surface area (Å²) in [6, 6.07) is 4.12. The number of H-pyrrole nitrogens is 1. The fourth-order valence-corrected chi connectivity index (χ4v) is 7.29. The Hall–Kier alpha value is -8.46. The van der Waals surface area contributed by atoms with E-state index >= 15 is 0 Å². The van der Waals surface area contributed by atoms with Gasteiger partial charge in [-0.1, -0.05) is 62.4 Å². The van der Waals surface area contributed by atoms with Crippen molar-refractivity contribution in [2.45, 2.75) is 114 Å². The van der Waals surface area contributed by atoms with Gasteiger partial charge in [-0.15, -0.1) is 0 Å². The Morgan fingerprint density at radius 2 is 1.09 bits per heavy atom. The molecule has 0 radical (unpaired) electrons. The molecule has 18 N–H and O–H groups in total. The van der Waals surface area contributed by atoms with E-state index in [9.17, 15) is 72.9 Å². The van der Waals surface area contributed by atoms with Crippen LogP contribution in [0.4, 0.5) is 0 Å². The predicted octanol–water partition coefficient (Wildman–Crippen LogP) is -4.45. The summed E-state index contributed by atoms with van der Waals surface area (Å²) < 4.78 is 0. The second-order valence-electron chi connectivity index (χ2n) is 17.7. The number of nitrogens with two attached hydrogens (primary N) is 3. The Balaban J connectivity index is 1.73. The van der Waals surface area contributed by atoms with E-state index < -0.39 is 158 Å². The maximum atomic E-state index is 14.0. The molecule has 3 rings (SSSR count). The van der Waals surface area contributed by atoms with Crippen LogP contribution in [0.5, 0.6) is 0 Å². The van der Waals surface area contributed by atoms with E-state index in [0.29, 0.717) is 22.0 Å². The highest BCUT2D eigenvalue weighted by molar-refractivity contribution is 5.99. The summed E-state index contributed by atoms with van der Waals surface area (Å²) in [6.45, 7) is 3.08. The van der Waals surface area contributed by atoms with Crippen molar-refractivity contribution in [1.82, 2.24) is 47.5 Å². The highest BCUT2D eigenvalue weighted by Gasteiger charge is 2.34. The molecule has 0 fully saturated rings. The number of benzene rings is 2. The van der Waals surface area contributed by atoms with Gasteiger partial charge in [0.1, 0.15) is 36.3 Å². The van der Waals surface area contributed by atoms with Crippen molar-refractivity contribution in [3.63, 3.8) is 0 Å². The van der Waals surface area contributed by atoms with Gasteiger partial charge in [0, 0.05) is 36.4 Å². The minimum absolute atomic E-state index is 0.0329. The highest BCUT2D eigenvalue weighted by atomic mass is 16.4. The molecule has 0 saturated heterocycles. The van der Waals surface area contributed by atoms with Crippen molar-refractivity contribution in [3.8, 4) is 0 Å². The number of aliphatic hydroxyl groups is 1. The van der Waals surface area contributed by atoms with Crippen LogP contribution in [0.3, 0.4) is 0 Å². The van der Waals surface area contributed by atoms with Gasteiger partial charge in [0.2, 0.25) is 59.1 Å². The number of aliphatic carboxylic acids is 2. The van der Waals surface area contributed by atoms with Crippen molar-refractivity contribution in [3.05, 3.63) is 71.9 Å². The number of fused-ring (bicyclic) bond motifs is 1. The molecule has 0 aliphatic rings. The number of primary amides is 2. The van der Waals surface area contributed by atoms with E-state index in [2.05, 4.69) is 47.5 Å². The topological polar surface area (TPSA) is 456 Å². The first-order chi connectivity index (χ1) is 34.8. The summed E-state index contributed by atoms with van der Waals surface area (Å²) in [7, 11) is 0. The zero-order valence-corrected chi connectivity index (χ0v) is 40.8. The standard InChI is InChI=1S/C47H64N12O15/c1-23(2)15-28(48)41(67)59-40(24(3)60)46(72)53-22-37(63)54-30(13-14-39(65)66)42(68)52-21-38(64)55-32(18-35(49)61)44(70)56-31(16-25-9-5-4-6-10-25)43(69)57-33(19-36(50)62)45(71)58-34(47(73)74)17-26-20-51-29-12-8-7-11-27(26)29/h4-12,20,23-24,28,30-34,40,51,60H,13-19,21-22,48H2,1-3H3,(H2,49,61)(H2,50,62)(H,52,68)(H,53,72)(H,54,63)(H,55,64)(H,56,70)(H,57,69)(H,58,71)(H,59,67)(H,65,66)(H,73,74)/t24-,28+,30+,31+,32+,33+,34+,40+/m1/s1. The quantitative estimate of drug-likeness (QED) is 0.0289. The van der Waals surface area contributed by atoms with Gasteiger partial charge in [0.15, 0.2) is 0 Å². The lowest BCUT2D eigenvalue weighted by Gasteiger charge is -2.26. The average molecular weight is 1040 g/mol. The van der Waals surface area contributed by atoms with Crippen LogP contribution in [0.25, 0.3) is 10.9 Å². The second-order valence-corrected chi connectivity index (χ2v) is 17.7. The Morgan fingerprint density at radius 1 is 0.581 bits per heavy atom. The van der Waals surface area contributed by atoms with E-state index in [1.54, 1.807) is 60.8 Å². The van der Waals surface area contributed by atoms with Gasteiger partial charge in [-0.3, -0.25) is 52.7 Å². The summed E-state index contributed by atoms with van der Waals surface area (Å²) >= 11 is 0. The van der Waals surface area contributed by atoms with E-state index in [-0.39, 0.29) is 25.2 Å². The van der Waals surface area contributed by atoms with Crippen LogP contribution in [0, 0.1) is 5.92 Å². The van der Waals surface area contributed by atoms with E-state index in [1.165, 1.54) is 6.92 Å². The number of rotatable bonds is 31. The molecule has 2 aromatic carbocycles. The summed E-state index contributed by atoms with van der Waals surface area (Å²) in [4.78, 5) is 157. The number of carbonyl (C=O) groups is 12. The Kier molecular flexibility index (Phi) is 23.6. The highest BCUT2D eigenvalue weighted by Crippen LogP contribution is 2.19. The van der Waals surface area contributed by atoms with E-state index in [0.717, 1.165) is 0 Å². The lowest BCUT2D eigenvalue weighted by molar-refractivity contribution is -0.142. The molecule has 3 aromatic rings. The largest absolute Gasteiger partial charge is 0.481 e. The summed E-state index contributed by atoms with van der Waals surface area (Å²) in [6.07, 6.45) is -2.95. The second kappa shape index (κ2) is 29.2. The van der Waals surface area contributed by atoms with Crippen LogP contribution in [-0.2, 0) is 70.4 Å². The average Bonchev–Trinajstić information content (AvgIpc) is 3.73. The summed E-state index contributed by atoms with van der Waals surface area (Å²) in [5.41, 5.74) is 18.4. The third-order valence-electron chi connectivity index (χ3n) is 11.0. The van der Waals surface area contributed by atoms with Crippen molar-refractivity contribution >= 4 is 81.9 Å². The Morgan fingerprint density at radius 3 is 1.65 bits per heavy atom. The molecule has 74 heavy (non-hydrogen) atoms. The first kappa shape index (κ1) is 59.8. The number of hydrogen-bond acceptors (Lipinski definition) is 14. The predicted molar refractivity (Wildman–Crippen MR) is 261 cm³/mol. The molecule has 0 spiro atoms. The van der Waals surface area contributed by atoms with E-state index in [1.807, 2.05) is 13.8 Å². The molecule has 8 atom stereocenters. The minimum atomic E-state index is -1.82. The molecule has 0 aliphatic carbocycles. The lowest BCUT2D eigenvalue weighted by atomic mass is 10.0. The number of carboxylic acids is 2. The van der Waals surface area contributed by atoms with Crippen molar-refractivity contribution in [1.29, 1.82) is 0 Å². The molecule has 1 heterocycles. The third kappa shape index (κ3) is 20.3. The fourth-order valence-electron chi connectivity index (χ4n) is 7.29. The normalized spacial score (nSPS) is 14.2. The monoisotopic (exact) mass is 1040 g/mol. The molecule has 0 unspecified atom stereocenters. The summed E-state index contributed by atoms with van der Waals surface area (Å²) in [5, 5.41) is 48.3. The van der Waals surface area contributed by atoms with Gasteiger partial charge >= 0.3 is 11.9 Å². The molecule has 0 bridgehead atoms. The van der Waals surface area contributed by atoms with Crippen LogP contribution in [0.1, 0.15) is 64.0 Å². The van der Waals surface area contributed by atoms with Gasteiger partial charge < -0.3 is 80.0 Å². The Labute approximate surface area is 423 Å². The molecule has 0 aliphatic heterocycles. The number of aliphatic hydroxyl groups excluding tert-OH is 1. The van der Waals surface area contributed by atoms with Gasteiger partial charge in [-0.05, 0) is 42.9 Å². The maximum Gasteiger partial charge on any atom is 0.326 e. The van der Waals surface area contributed by atoms with Gasteiger partial charge in [0.05, 0.1) is 38.1 Å². The molecular formula is C47H64N12O15. The fraction of sp³-hybridized carbons (Fsp3) is 0.447. The first-order valence-electron chi connectivity index (χ1n) is 23.2. The zero-order valence-electron chi connectivity index (χ0n) is 40.8. The van der Waals surface area contributed by atoms with Gasteiger partial charge in [-0.2, -0.15) is 0 Å². The smallest absolute Gasteiger partial charge is 0.326 e. The number of amides is 10. The number of carboxylic acid groups (broad SMARTS) is 2. The van der Waals surface area contributed by atoms with Crippen LogP contribution in [0.2, 0.25) is 0 Å². The van der Waals surface area contributed by atoms with Crippen molar-refractivity contribution in [2.24, 2.45) is 23.1 Å². The Bertz CT molecular complexity index is 2520. The maximum absolute atomic E-state index is 14.0. The zero-order chi connectivity index (χ0) is 55.2. The van der Waals surface area contributed by atoms with Crippen LogP contribution in [0.15, 0.2) is 60.8 Å². The number of carbonyl (C=O) groups excluding carboxylic acids is 10. The number of nitrogens with one attached hydrogen (secondary N) is 9.